The summed E-state index contributed by atoms with van der Waals surface area (Å²) in [7, 11) is -2.54. The Morgan fingerprint density at radius 3 is 2.64 bits per heavy atom. The Bertz CT molecular complexity index is 860. The number of sulfonamides is 1. The third-order valence-corrected chi connectivity index (χ3v) is 6.77. The fourth-order valence-electron chi connectivity index (χ4n) is 2.99. The molecular weight excluding hydrogens is 366 g/mol. The lowest BCUT2D eigenvalue weighted by Gasteiger charge is -2.30. The van der Waals surface area contributed by atoms with Gasteiger partial charge in [0.15, 0.2) is 0 Å². The Hall–Kier alpha value is -1.90. The Kier molecular flexibility index (Phi) is 5.12. The normalized spacial score (nSPS) is 16.7. The molecule has 9 heteroatoms. The SMILES string of the molecule is COC(=O)c1ccc(Cl)c(S(=O)(=O)N2CCC(c3ccn[nH]3)CC2)c1. The van der Waals surface area contributed by atoms with Crippen LogP contribution in [0.2, 0.25) is 5.02 Å². The molecular formula is C16H18ClN3O4S. The molecule has 0 saturated carbocycles. The molecule has 2 aromatic rings. The maximum atomic E-state index is 12.9. The van der Waals surface area contributed by atoms with Crippen LogP contribution < -0.4 is 0 Å². The van der Waals surface area contributed by atoms with E-state index in [0.29, 0.717) is 25.9 Å². The topological polar surface area (TPSA) is 92.4 Å². The molecule has 0 radical (unpaired) electrons. The van der Waals surface area contributed by atoms with Gasteiger partial charge < -0.3 is 4.74 Å². The van der Waals surface area contributed by atoms with Crippen LogP contribution in [0.4, 0.5) is 0 Å². The van der Waals surface area contributed by atoms with E-state index in [2.05, 4.69) is 14.9 Å². The van der Waals surface area contributed by atoms with Crippen LogP contribution in [0.5, 0.6) is 0 Å². The average Bonchev–Trinajstić information content (AvgIpc) is 3.16. The van der Waals surface area contributed by atoms with Crippen LogP contribution in [-0.4, -0.2) is 49.1 Å². The number of carbonyl (C=O) groups is 1. The predicted octanol–water partition coefficient (Wildman–Crippen LogP) is 2.42. The van der Waals surface area contributed by atoms with E-state index in [1.54, 1.807) is 6.20 Å². The quantitative estimate of drug-likeness (QED) is 0.818. The van der Waals surface area contributed by atoms with Crippen LogP contribution in [0, 0.1) is 0 Å². The van der Waals surface area contributed by atoms with Gasteiger partial charge in [-0.15, -0.1) is 0 Å². The van der Waals surface area contributed by atoms with Gasteiger partial charge in [0.2, 0.25) is 10.0 Å². The van der Waals surface area contributed by atoms with Crippen molar-refractivity contribution in [3.05, 3.63) is 46.7 Å². The highest BCUT2D eigenvalue weighted by atomic mass is 35.5. The monoisotopic (exact) mass is 383 g/mol. The van der Waals surface area contributed by atoms with Gasteiger partial charge in [0, 0.05) is 30.9 Å². The molecule has 3 rings (SSSR count). The van der Waals surface area contributed by atoms with Crippen molar-refractivity contribution >= 4 is 27.6 Å². The lowest BCUT2D eigenvalue weighted by atomic mass is 9.95. The number of H-pyrrole nitrogens is 1. The third kappa shape index (κ3) is 3.56. The number of methoxy groups -OCH3 is 1. The van der Waals surface area contributed by atoms with Gasteiger partial charge in [-0.3, -0.25) is 5.10 Å². The molecule has 0 atom stereocenters. The minimum atomic E-state index is -3.78. The van der Waals surface area contributed by atoms with Gasteiger partial charge in [0.05, 0.1) is 17.7 Å². The van der Waals surface area contributed by atoms with Crippen LogP contribution in [0.1, 0.15) is 34.8 Å². The first-order chi connectivity index (χ1) is 11.9. The fourth-order valence-corrected chi connectivity index (χ4v) is 4.96. The average molecular weight is 384 g/mol. The summed E-state index contributed by atoms with van der Waals surface area (Å²) in [5.74, 6) is -0.350. The molecule has 1 aliphatic heterocycles. The van der Waals surface area contributed by atoms with E-state index in [1.807, 2.05) is 6.07 Å². The third-order valence-electron chi connectivity index (χ3n) is 4.39. The molecule has 1 saturated heterocycles. The van der Waals surface area contributed by atoms with E-state index in [1.165, 1.54) is 29.6 Å². The van der Waals surface area contributed by atoms with Gasteiger partial charge in [0.1, 0.15) is 4.90 Å². The van der Waals surface area contributed by atoms with Crippen LogP contribution in [0.15, 0.2) is 35.4 Å². The van der Waals surface area contributed by atoms with Gasteiger partial charge in [-0.2, -0.15) is 9.40 Å². The van der Waals surface area contributed by atoms with Crippen molar-refractivity contribution in [3.63, 3.8) is 0 Å². The minimum absolute atomic E-state index is 0.0722. The number of rotatable bonds is 4. The maximum absolute atomic E-state index is 12.9. The van der Waals surface area contributed by atoms with E-state index in [4.69, 9.17) is 11.6 Å². The number of esters is 1. The highest BCUT2D eigenvalue weighted by Crippen LogP contribution is 2.32. The van der Waals surface area contributed by atoms with Crippen molar-refractivity contribution in [2.75, 3.05) is 20.2 Å². The van der Waals surface area contributed by atoms with E-state index < -0.39 is 16.0 Å². The fraction of sp³-hybridized carbons (Fsp3) is 0.375. The molecule has 0 spiro atoms. The van der Waals surface area contributed by atoms with E-state index >= 15 is 0 Å². The molecule has 0 amide bonds. The molecule has 0 bridgehead atoms. The van der Waals surface area contributed by atoms with Crippen molar-refractivity contribution in [1.29, 1.82) is 0 Å². The highest BCUT2D eigenvalue weighted by molar-refractivity contribution is 7.89. The summed E-state index contributed by atoms with van der Waals surface area (Å²) in [4.78, 5) is 11.6. The van der Waals surface area contributed by atoms with Crippen molar-refractivity contribution in [2.24, 2.45) is 0 Å². The molecule has 25 heavy (non-hydrogen) atoms. The largest absolute Gasteiger partial charge is 0.465 e. The standard InChI is InChI=1S/C16H18ClN3O4S/c1-24-16(21)12-2-3-13(17)15(10-12)25(22,23)20-8-5-11(6-9-20)14-4-7-18-19-14/h2-4,7,10-11H,5-6,8-9H2,1H3,(H,18,19). The molecule has 1 aromatic carbocycles. The second-order valence-electron chi connectivity index (χ2n) is 5.83. The lowest BCUT2D eigenvalue weighted by Crippen LogP contribution is -2.38. The Balaban J connectivity index is 1.82. The van der Waals surface area contributed by atoms with E-state index in [-0.39, 0.29) is 21.4 Å². The van der Waals surface area contributed by atoms with Crippen LogP contribution in [-0.2, 0) is 14.8 Å². The van der Waals surface area contributed by atoms with Crippen LogP contribution >= 0.6 is 11.6 Å². The number of benzene rings is 1. The van der Waals surface area contributed by atoms with Crippen molar-refractivity contribution in [3.8, 4) is 0 Å². The van der Waals surface area contributed by atoms with Crippen LogP contribution in [0.3, 0.4) is 0 Å². The Labute approximate surface area is 151 Å². The summed E-state index contributed by atoms with van der Waals surface area (Å²) in [5.41, 5.74) is 1.17. The number of aromatic nitrogens is 2. The molecule has 1 aromatic heterocycles. The van der Waals surface area contributed by atoms with Crippen LogP contribution in [0.25, 0.3) is 0 Å². The zero-order chi connectivity index (χ0) is 18.0. The molecule has 1 aliphatic rings. The zero-order valence-corrected chi connectivity index (χ0v) is 15.2. The molecule has 0 unspecified atom stereocenters. The first-order valence-electron chi connectivity index (χ1n) is 7.80. The smallest absolute Gasteiger partial charge is 0.337 e. The highest BCUT2D eigenvalue weighted by Gasteiger charge is 2.32. The summed E-state index contributed by atoms with van der Waals surface area (Å²) >= 11 is 6.09. The predicted molar refractivity (Wildman–Crippen MR) is 92.1 cm³/mol. The summed E-state index contributed by atoms with van der Waals surface area (Å²) in [5, 5.41) is 6.96. The number of hydrogen-bond acceptors (Lipinski definition) is 5. The molecule has 134 valence electrons. The second kappa shape index (κ2) is 7.15. The summed E-state index contributed by atoms with van der Waals surface area (Å²) in [6.45, 7) is 0.760. The number of nitrogens with one attached hydrogen (secondary N) is 1. The van der Waals surface area contributed by atoms with Gasteiger partial charge >= 0.3 is 5.97 Å². The Morgan fingerprint density at radius 2 is 2.04 bits per heavy atom. The van der Waals surface area contributed by atoms with E-state index in [9.17, 15) is 13.2 Å². The number of ether oxygens (including phenoxy) is 1. The lowest BCUT2D eigenvalue weighted by molar-refractivity contribution is 0.0600. The summed E-state index contributed by atoms with van der Waals surface area (Å²) < 4.78 is 31.9. The number of hydrogen-bond donors (Lipinski definition) is 1. The first kappa shape index (κ1) is 17.9. The number of aromatic amines is 1. The maximum Gasteiger partial charge on any atom is 0.337 e. The zero-order valence-electron chi connectivity index (χ0n) is 13.6. The van der Waals surface area contributed by atoms with Crippen molar-refractivity contribution in [1.82, 2.24) is 14.5 Å². The van der Waals surface area contributed by atoms with Crippen molar-refractivity contribution in [2.45, 2.75) is 23.7 Å². The molecule has 7 nitrogen and oxygen atoms in total. The number of nitrogens with zero attached hydrogens (tertiary/aromatic N) is 2. The van der Waals surface area contributed by atoms with Gasteiger partial charge in [-0.05, 0) is 37.1 Å². The van der Waals surface area contributed by atoms with Crippen molar-refractivity contribution < 1.29 is 17.9 Å². The summed E-state index contributed by atoms with van der Waals surface area (Å²) in [6, 6.07) is 6.02. The van der Waals surface area contributed by atoms with Gasteiger partial charge in [0.25, 0.3) is 0 Å². The second-order valence-corrected chi connectivity index (χ2v) is 8.14. The molecule has 1 N–H and O–H groups in total. The molecule has 2 heterocycles. The Morgan fingerprint density at radius 1 is 1.32 bits per heavy atom. The van der Waals surface area contributed by atoms with Gasteiger partial charge in [-0.1, -0.05) is 11.6 Å². The first-order valence-corrected chi connectivity index (χ1v) is 9.62. The molecule has 0 aliphatic carbocycles. The molecule has 1 fully saturated rings. The van der Waals surface area contributed by atoms with E-state index in [0.717, 1.165) is 5.69 Å². The number of carbonyl (C=O) groups excluding carboxylic acids is 1. The van der Waals surface area contributed by atoms with Gasteiger partial charge in [-0.25, -0.2) is 13.2 Å². The number of piperidine rings is 1. The number of halogens is 1. The minimum Gasteiger partial charge on any atom is -0.465 e. The summed E-state index contributed by atoms with van der Waals surface area (Å²) in [6.07, 6.45) is 3.07.